The molecule has 134 valence electrons. The highest BCUT2D eigenvalue weighted by Crippen LogP contribution is 2.28. The van der Waals surface area contributed by atoms with Gasteiger partial charge >= 0.3 is 0 Å². The lowest BCUT2D eigenvalue weighted by Crippen LogP contribution is -2.25. The molecule has 0 radical (unpaired) electrons. The van der Waals surface area contributed by atoms with Crippen molar-refractivity contribution in [2.75, 3.05) is 6.61 Å². The summed E-state index contributed by atoms with van der Waals surface area (Å²) in [6.07, 6.45) is 8.18. The number of aliphatic hydroxyl groups is 1. The number of rotatable bonds is 4. The number of aliphatic hydroxyl groups excluding tert-OH is 1. The maximum absolute atomic E-state index is 13.1. The number of fused-ring (bicyclic) bond motifs is 1. The first-order chi connectivity index (χ1) is 13.2. The van der Waals surface area contributed by atoms with E-state index < -0.39 is 0 Å². The summed E-state index contributed by atoms with van der Waals surface area (Å²) in [4.78, 5) is 30.4. The van der Waals surface area contributed by atoms with Crippen molar-refractivity contribution in [1.82, 2.24) is 24.5 Å². The van der Waals surface area contributed by atoms with Gasteiger partial charge in [-0.3, -0.25) is 19.3 Å². The van der Waals surface area contributed by atoms with E-state index in [4.69, 9.17) is 4.98 Å². The van der Waals surface area contributed by atoms with Crippen LogP contribution in [0, 0.1) is 0 Å². The highest BCUT2D eigenvalue weighted by atomic mass is 16.3. The van der Waals surface area contributed by atoms with E-state index in [1.165, 1.54) is 10.9 Å². The first kappa shape index (κ1) is 17.0. The molecule has 0 bridgehead atoms. The Morgan fingerprint density at radius 2 is 1.67 bits per heavy atom. The zero-order chi connectivity index (χ0) is 18.8. The van der Waals surface area contributed by atoms with Crippen LogP contribution in [0.5, 0.6) is 0 Å². The van der Waals surface area contributed by atoms with Gasteiger partial charge in [-0.15, -0.1) is 0 Å². The summed E-state index contributed by atoms with van der Waals surface area (Å²) < 4.78 is 1.44. The Bertz CT molecular complexity index is 1140. The van der Waals surface area contributed by atoms with E-state index in [2.05, 4.69) is 15.0 Å². The molecular weight excluding hydrogens is 342 g/mol. The molecular formula is C20H17N5O2. The van der Waals surface area contributed by atoms with E-state index >= 15 is 0 Å². The minimum atomic E-state index is -0.365. The Kier molecular flexibility index (Phi) is 4.43. The second kappa shape index (κ2) is 7.05. The molecule has 0 spiro atoms. The van der Waals surface area contributed by atoms with E-state index in [0.29, 0.717) is 22.3 Å². The van der Waals surface area contributed by atoms with Crippen LogP contribution in [0.4, 0.5) is 0 Å². The summed E-state index contributed by atoms with van der Waals surface area (Å²) in [5, 5.41) is 9.89. The molecule has 27 heavy (non-hydrogen) atoms. The molecule has 4 aromatic heterocycles. The Labute approximate surface area is 155 Å². The van der Waals surface area contributed by atoms with E-state index in [9.17, 15) is 9.90 Å². The molecule has 1 unspecified atom stereocenters. The van der Waals surface area contributed by atoms with Gasteiger partial charge in [-0.1, -0.05) is 0 Å². The fourth-order valence-electron chi connectivity index (χ4n) is 2.93. The van der Waals surface area contributed by atoms with Gasteiger partial charge in [0, 0.05) is 35.9 Å². The van der Waals surface area contributed by atoms with Gasteiger partial charge in [0.2, 0.25) is 0 Å². The molecule has 7 nitrogen and oxygen atoms in total. The van der Waals surface area contributed by atoms with Crippen molar-refractivity contribution in [2.24, 2.45) is 0 Å². The van der Waals surface area contributed by atoms with E-state index in [0.717, 1.165) is 11.1 Å². The molecule has 1 atom stereocenters. The molecule has 4 rings (SSSR count). The van der Waals surface area contributed by atoms with E-state index in [-0.39, 0.29) is 18.2 Å². The van der Waals surface area contributed by atoms with Gasteiger partial charge < -0.3 is 5.11 Å². The van der Waals surface area contributed by atoms with Crippen LogP contribution in [0.25, 0.3) is 33.4 Å². The minimum Gasteiger partial charge on any atom is -0.394 e. The highest BCUT2D eigenvalue weighted by Gasteiger charge is 2.16. The first-order valence-electron chi connectivity index (χ1n) is 8.52. The summed E-state index contributed by atoms with van der Waals surface area (Å²) in [5.41, 5.74) is 3.26. The van der Waals surface area contributed by atoms with Gasteiger partial charge in [0.15, 0.2) is 0 Å². The molecule has 1 N–H and O–H groups in total. The third kappa shape index (κ3) is 3.09. The predicted octanol–water partition coefficient (Wildman–Crippen LogP) is 2.47. The summed E-state index contributed by atoms with van der Waals surface area (Å²) in [7, 11) is 0. The lowest BCUT2D eigenvalue weighted by molar-refractivity contribution is 0.236. The third-order valence-electron chi connectivity index (χ3n) is 4.44. The molecule has 0 saturated heterocycles. The van der Waals surface area contributed by atoms with Crippen LogP contribution in [-0.4, -0.2) is 36.2 Å². The lowest BCUT2D eigenvalue weighted by atomic mass is 10.1. The summed E-state index contributed by atoms with van der Waals surface area (Å²) in [5.74, 6) is 0. The van der Waals surface area contributed by atoms with Crippen molar-refractivity contribution in [3.8, 4) is 22.5 Å². The average molecular weight is 359 g/mol. The minimum absolute atomic E-state index is 0.146. The quantitative estimate of drug-likeness (QED) is 0.602. The first-order valence-corrected chi connectivity index (χ1v) is 8.52. The standard InChI is InChI=1S/C20H17N5O2/c1-13(11-26)25-12-23-19-16(20(25)27)10-17(14-2-6-21-7-3-14)24-18(19)15-4-8-22-9-5-15/h2-10,12-13,26H,11H2,1H3. The van der Waals surface area contributed by atoms with Gasteiger partial charge in [0.1, 0.15) is 5.52 Å². The van der Waals surface area contributed by atoms with Crippen molar-refractivity contribution >= 4 is 10.9 Å². The molecule has 0 fully saturated rings. The van der Waals surface area contributed by atoms with Crippen LogP contribution in [0.2, 0.25) is 0 Å². The Balaban J connectivity index is 2.06. The monoisotopic (exact) mass is 359 g/mol. The number of aromatic nitrogens is 5. The maximum atomic E-state index is 13.1. The molecule has 7 heteroatoms. The van der Waals surface area contributed by atoms with Crippen LogP contribution in [0.3, 0.4) is 0 Å². The molecule has 0 aliphatic rings. The fourth-order valence-corrected chi connectivity index (χ4v) is 2.93. The highest BCUT2D eigenvalue weighted by molar-refractivity contribution is 5.93. The van der Waals surface area contributed by atoms with Gasteiger partial charge in [-0.25, -0.2) is 9.97 Å². The summed E-state index contributed by atoms with van der Waals surface area (Å²) >= 11 is 0. The smallest absolute Gasteiger partial charge is 0.261 e. The topological polar surface area (TPSA) is 93.8 Å². The summed E-state index contributed by atoms with van der Waals surface area (Å²) in [6, 6.07) is 8.73. The maximum Gasteiger partial charge on any atom is 0.261 e. The molecule has 0 aromatic carbocycles. The second-order valence-electron chi connectivity index (χ2n) is 6.21. The van der Waals surface area contributed by atoms with Crippen molar-refractivity contribution in [2.45, 2.75) is 13.0 Å². The zero-order valence-electron chi connectivity index (χ0n) is 14.6. The van der Waals surface area contributed by atoms with Crippen LogP contribution < -0.4 is 5.56 Å². The lowest BCUT2D eigenvalue weighted by Gasteiger charge is -2.14. The van der Waals surface area contributed by atoms with E-state index in [1.807, 2.05) is 24.3 Å². The van der Waals surface area contributed by atoms with Gasteiger partial charge in [-0.05, 0) is 37.3 Å². The Morgan fingerprint density at radius 3 is 2.30 bits per heavy atom. The molecule has 0 aliphatic heterocycles. The van der Waals surface area contributed by atoms with Crippen LogP contribution >= 0.6 is 0 Å². The van der Waals surface area contributed by atoms with Crippen molar-refractivity contribution in [3.63, 3.8) is 0 Å². The SMILES string of the molecule is CC(CO)n1cnc2c(-c3ccncc3)nc(-c3ccncc3)cc2c1=O. The molecule has 4 heterocycles. The van der Waals surface area contributed by atoms with Crippen LogP contribution in [0.15, 0.2) is 66.2 Å². The molecule has 0 amide bonds. The Hall–Kier alpha value is -3.45. The summed E-state index contributed by atoms with van der Waals surface area (Å²) in [6.45, 7) is 1.62. The van der Waals surface area contributed by atoms with Crippen molar-refractivity contribution in [1.29, 1.82) is 0 Å². The van der Waals surface area contributed by atoms with Crippen molar-refractivity contribution in [3.05, 3.63) is 71.8 Å². The molecule has 0 saturated carbocycles. The number of nitrogens with zero attached hydrogens (tertiary/aromatic N) is 5. The number of hydrogen-bond donors (Lipinski definition) is 1. The largest absolute Gasteiger partial charge is 0.394 e. The molecule has 0 aliphatic carbocycles. The van der Waals surface area contributed by atoms with Gasteiger partial charge in [0.25, 0.3) is 5.56 Å². The normalized spacial score (nSPS) is 12.2. The van der Waals surface area contributed by atoms with Crippen LogP contribution in [0.1, 0.15) is 13.0 Å². The average Bonchev–Trinajstić information content (AvgIpc) is 2.74. The van der Waals surface area contributed by atoms with Crippen LogP contribution in [-0.2, 0) is 0 Å². The van der Waals surface area contributed by atoms with E-state index in [1.54, 1.807) is 37.8 Å². The zero-order valence-corrected chi connectivity index (χ0v) is 14.6. The third-order valence-corrected chi connectivity index (χ3v) is 4.44. The molecule has 4 aromatic rings. The van der Waals surface area contributed by atoms with Gasteiger partial charge in [0.05, 0.1) is 35.8 Å². The fraction of sp³-hybridized carbons (Fsp3) is 0.150. The van der Waals surface area contributed by atoms with Crippen molar-refractivity contribution < 1.29 is 5.11 Å². The predicted molar refractivity (Wildman–Crippen MR) is 102 cm³/mol. The Morgan fingerprint density at radius 1 is 1.04 bits per heavy atom. The number of pyridine rings is 3. The second-order valence-corrected chi connectivity index (χ2v) is 6.21. The number of hydrogen-bond acceptors (Lipinski definition) is 6. The van der Waals surface area contributed by atoms with Gasteiger partial charge in [-0.2, -0.15) is 0 Å².